The third-order valence-corrected chi connectivity index (χ3v) is 3.84. The Labute approximate surface area is 69.6 Å². The maximum Gasteiger partial charge on any atom is 0.0115 e. The number of rotatable bonds is 1. The lowest BCUT2D eigenvalue weighted by atomic mass is 9.61. The highest BCUT2D eigenvalue weighted by atomic mass is 15.0. The molecule has 0 aromatic carbocycles. The first-order valence-corrected chi connectivity index (χ1v) is 4.94. The van der Waals surface area contributed by atoms with Crippen LogP contribution in [0.4, 0.5) is 0 Å². The van der Waals surface area contributed by atoms with E-state index in [0.29, 0.717) is 0 Å². The minimum Gasteiger partial charge on any atom is -0.311 e. The minimum absolute atomic E-state index is 0.795. The van der Waals surface area contributed by atoms with E-state index in [-0.39, 0.29) is 0 Å². The largest absolute Gasteiger partial charge is 0.311 e. The van der Waals surface area contributed by atoms with E-state index in [1.807, 2.05) is 0 Å². The van der Waals surface area contributed by atoms with Crippen LogP contribution in [-0.2, 0) is 0 Å². The second-order valence-corrected chi connectivity index (χ2v) is 4.65. The average molecular weight is 153 g/mol. The van der Waals surface area contributed by atoms with Crippen LogP contribution >= 0.6 is 0 Å². The highest BCUT2D eigenvalue weighted by Gasteiger charge is 2.43. The van der Waals surface area contributed by atoms with E-state index in [9.17, 15) is 0 Å². The first kappa shape index (κ1) is 7.60. The highest BCUT2D eigenvalue weighted by Crippen LogP contribution is 2.44. The molecule has 11 heavy (non-hydrogen) atoms. The highest BCUT2D eigenvalue weighted by molar-refractivity contribution is 4.98. The van der Waals surface area contributed by atoms with E-state index in [1.54, 1.807) is 0 Å². The normalized spacial score (nSPS) is 56.5. The molecule has 1 aliphatic carbocycles. The molecule has 0 bridgehead atoms. The van der Waals surface area contributed by atoms with Crippen molar-refractivity contribution in [2.75, 3.05) is 0 Å². The minimum atomic E-state index is 0.795. The maximum atomic E-state index is 3.60. The summed E-state index contributed by atoms with van der Waals surface area (Å²) in [5.74, 6) is 2.96. The summed E-state index contributed by atoms with van der Waals surface area (Å²) in [4.78, 5) is 0. The van der Waals surface area contributed by atoms with Crippen LogP contribution in [-0.4, -0.2) is 12.1 Å². The van der Waals surface area contributed by atoms with Crippen molar-refractivity contribution in [3.8, 4) is 0 Å². The summed E-state index contributed by atoms with van der Waals surface area (Å²) in [5.41, 5.74) is 0. The van der Waals surface area contributed by atoms with Crippen molar-refractivity contribution in [2.45, 2.75) is 45.7 Å². The molecule has 1 saturated heterocycles. The third-order valence-electron chi connectivity index (χ3n) is 3.84. The summed E-state index contributed by atoms with van der Waals surface area (Å²) in [6, 6.07) is 1.67. The standard InChI is InChI=1S/C10H19N/c1-6-4-9(8(6)3)10-5-7(2)11-10/h6-11H,4-5H2,1-3H3/t6?,7-,8+,9-,10?/m0/s1. The molecule has 2 aliphatic rings. The predicted molar refractivity (Wildman–Crippen MR) is 47.4 cm³/mol. The molecule has 1 heteroatoms. The SMILES string of the molecule is CC1C[C@H](C2C[C@H](C)N2)[C@@H]1C. The molecule has 1 nitrogen and oxygen atoms in total. The quantitative estimate of drug-likeness (QED) is 0.608. The summed E-state index contributed by atoms with van der Waals surface area (Å²) >= 11 is 0. The van der Waals surface area contributed by atoms with Gasteiger partial charge in [0.25, 0.3) is 0 Å². The van der Waals surface area contributed by atoms with E-state index < -0.39 is 0 Å². The summed E-state index contributed by atoms with van der Waals surface area (Å²) in [7, 11) is 0. The van der Waals surface area contributed by atoms with Gasteiger partial charge < -0.3 is 5.32 Å². The van der Waals surface area contributed by atoms with Crippen molar-refractivity contribution in [1.29, 1.82) is 0 Å². The van der Waals surface area contributed by atoms with Gasteiger partial charge in [-0.15, -0.1) is 0 Å². The smallest absolute Gasteiger partial charge is 0.0115 e. The van der Waals surface area contributed by atoms with Crippen molar-refractivity contribution in [1.82, 2.24) is 5.32 Å². The van der Waals surface area contributed by atoms with Crippen LogP contribution in [0.15, 0.2) is 0 Å². The van der Waals surface area contributed by atoms with Gasteiger partial charge in [0.1, 0.15) is 0 Å². The summed E-state index contributed by atoms with van der Waals surface area (Å²) in [6.07, 6.45) is 2.88. The maximum absolute atomic E-state index is 3.60. The summed E-state index contributed by atoms with van der Waals surface area (Å²) in [6.45, 7) is 7.07. The van der Waals surface area contributed by atoms with Crippen LogP contribution in [0.25, 0.3) is 0 Å². The molecule has 1 N–H and O–H groups in total. The first-order valence-electron chi connectivity index (χ1n) is 4.94. The van der Waals surface area contributed by atoms with E-state index in [2.05, 4.69) is 26.1 Å². The van der Waals surface area contributed by atoms with Gasteiger partial charge >= 0.3 is 0 Å². The molecule has 2 unspecified atom stereocenters. The molecular formula is C10H19N. The Morgan fingerprint density at radius 3 is 2.09 bits per heavy atom. The van der Waals surface area contributed by atoms with Crippen molar-refractivity contribution < 1.29 is 0 Å². The summed E-state index contributed by atoms with van der Waals surface area (Å²) in [5, 5.41) is 3.60. The molecule has 0 aromatic rings. The Morgan fingerprint density at radius 1 is 1.09 bits per heavy atom. The molecule has 1 saturated carbocycles. The van der Waals surface area contributed by atoms with Crippen molar-refractivity contribution >= 4 is 0 Å². The zero-order chi connectivity index (χ0) is 8.01. The van der Waals surface area contributed by atoms with Gasteiger partial charge in [-0.1, -0.05) is 13.8 Å². The summed E-state index contributed by atoms with van der Waals surface area (Å²) < 4.78 is 0. The zero-order valence-electron chi connectivity index (χ0n) is 7.80. The van der Waals surface area contributed by atoms with Crippen LogP contribution in [0.1, 0.15) is 33.6 Å². The Balaban J connectivity index is 1.81. The number of nitrogens with one attached hydrogen (secondary N) is 1. The predicted octanol–water partition coefficient (Wildman–Crippen LogP) is 2.03. The van der Waals surface area contributed by atoms with Crippen LogP contribution in [0, 0.1) is 17.8 Å². The van der Waals surface area contributed by atoms with Gasteiger partial charge in [0.05, 0.1) is 0 Å². The average Bonchev–Trinajstić information content (AvgIpc) is 1.94. The number of hydrogen-bond acceptors (Lipinski definition) is 1. The Morgan fingerprint density at radius 2 is 1.73 bits per heavy atom. The van der Waals surface area contributed by atoms with Crippen molar-refractivity contribution in [3.63, 3.8) is 0 Å². The molecule has 0 radical (unpaired) electrons. The van der Waals surface area contributed by atoms with Crippen molar-refractivity contribution in [3.05, 3.63) is 0 Å². The Hall–Kier alpha value is -0.0400. The molecule has 0 amide bonds. The van der Waals surface area contributed by atoms with E-state index >= 15 is 0 Å². The molecule has 1 aliphatic heterocycles. The van der Waals surface area contributed by atoms with Gasteiger partial charge in [-0.3, -0.25) is 0 Å². The van der Waals surface area contributed by atoms with Gasteiger partial charge in [0.2, 0.25) is 0 Å². The first-order chi connectivity index (χ1) is 5.18. The van der Waals surface area contributed by atoms with E-state index in [1.165, 1.54) is 12.8 Å². The van der Waals surface area contributed by atoms with Gasteiger partial charge in [0.15, 0.2) is 0 Å². The molecule has 2 rings (SSSR count). The van der Waals surface area contributed by atoms with Crippen LogP contribution in [0.3, 0.4) is 0 Å². The van der Waals surface area contributed by atoms with E-state index in [4.69, 9.17) is 0 Å². The second kappa shape index (κ2) is 2.48. The second-order valence-electron chi connectivity index (χ2n) is 4.65. The van der Waals surface area contributed by atoms with Gasteiger partial charge in [0, 0.05) is 12.1 Å². The van der Waals surface area contributed by atoms with Gasteiger partial charge in [-0.25, -0.2) is 0 Å². The topological polar surface area (TPSA) is 12.0 Å². The Bertz CT molecular complexity index is 149. The fraction of sp³-hybridized carbons (Fsp3) is 1.00. The monoisotopic (exact) mass is 153 g/mol. The van der Waals surface area contributed by atoms with E-state index in [0.717, 1.165) is 29.8 Å². The van der Waals surface area contributed by atoms with Crippen LogP contribution in [0.2, 0.25) is 0 Å². The van der Waals surface area contributed by atoms with Crippen molar-refractivity contribution in [2.24, 2.45) is 17.8 Å². The number of hydrogen-bond donors (Lipinski definition) is 1. The lowest BCUT2D eigenvalue weighted by molar-refractivity contribution is 0.0271. The lowest BCUT2D eigenvalue weighted by Gasteiger charge is -2.51. The van der Waals surface area contributed by atoms with Gasteiger partial charge in [-0.2, -0.15) is 0 Å². The molecule has 64 valence electrons. The molecule has 0 aromatic heterocycles. The fourth-order valence-electron chi connectivity index (χ4n) is 2.64. The molecule has 5 atom stereocenters. The molecule has 0 spiro atoms. The molecular weight excluding hydrogens is 134 g/mol. The lowest BCUT2D eigenvalue weighted by Crippen LogP contribution is -2.59. The zero-order valence-corrected chi connectivity index (χ0v) is 7.80. The van der Waals surface area contributed by atoms with Crippen LogP contribution in [0.5, 0.6) is 0 Å². The molecule has 2 fully saturated rings. The molecule has 1 heterocycles. The van der Waals surface area contributed by atoms with Gasteiger partial charge in [-0.05, 0) is 37.5 Å². The third kappa shape index (κ3) is 1.10. The van der Waals surface area contributed by atoms with Crippen LogP contribution < -0.4 is 5.32 Å². The Kier molecular flexibility index (Phi) is 1.71. The fourth-order valence-corrected chi connectivity index (χ4v) is 2.64.